The van der Waals surface area contributed by atoms with Gasteiger partial charge in [-0.2, -0.15) is 0 Å². The molecular weight excluding hydrogens is 388 g/mol. The van der Waals surface area contributed by atoms with E-state index in [-0.39, 0.29) is 18.4 Å². The van der Waals surface area contributed by atoms with Crippen molar-refractivity contribution in [3.63, 3.8) is 0 Å². The molecule has 3 rings (SSSR count). The highest BCUT2D eigenvalue weighted by Crippen LogP contribution is 2.23. The molecule has 3 aromatic carbocycles. The zero-order valence-electron chi connectivity index (χ0n) is 15.7. The van der Waals surface area contributed by atoms with Crippen molar-refractivity contribution in [3.8, 4) is 5.75 Å². The van der Waals surface area contributed by atoms with Gasteiger partial charge in [-0.3, -0.25) is 9.59 Å². The van der Waals surface area contributed by atoms with E-state index in [2.05, 4.69) is 10.6 Å². The molecule has 148 valence electrons. The van der Waals surface area contributed by atoms with Crippen LogP contribution >= 0.6 is 11.6 Å². The quantitative estimate of drug-likeness (QED) is 0.583. The van der Waals surface area contributed by atoms with E-state index in [9.17, 15) is 9.59 Å². The molecular formula is C23H21ClN2O3. The number of halogens is 1. The predicted octanol–water partition coefficient (Wildman–Crippen LogP) is 4.33. The molecule has 3 aromatic rings. The normalized spacial score (nSPS) is 10.2. The molecule has 0 bridgehead atoms. The number of ether oxygens (including phenoxy) is 1. The lowest BCUT2D eigenvalue weighted by atomic mass is 10.1. The largest absolute Gasteiger partial charge is 0.482 e. The van der Waals surface area contributed by atoms with Crippen molar-refractivity contribution in [2.24, 2.45) is 0 Å². The smallest absolute Gasteiger partial charge is 0.262 e. The molecule has 0 aliphatic carbocycles. The lowest BCUT2D eigenvalue weighted by Gasteiger charge is -2.12. The number of hydrogen-bond donors (Lipinski definition) is 2. The summed E-state index contributed by atoms with van der Waals surface area (Å²) < 4.78 is 5.44. The Bertz CT molecular complexity index is 977. The number of carbonyl (C=O) groups is 2. The van der Waals surface area contributed by atoms with Crippen LogP contribution in [0, 0.1) is 0 Å². The van der Waals surface area contributed by atoms with E-state index in [1.165, 1.54) is 0 Å². The molecule has 0 atom stereocenters. The minimum absolute atomic E-state index is 0.215. The zero-order chi connectivity index (χ0) is 20.5. The Balaban J connectivity index is 1.55. The number of nitrogens with one attached hydrogen (secondary N) is 2. The highest BCUT2D eigenvalue weighted by Gasteiger charge is 2.13. The highest BCUT2D eigenvalue weighted by molar-refractivity contribution is 6.32. The van der Waals surface area contributed by atoms with Crippen molar-refractivity contribution < 1.29 is 14.3 Å². The molecule has 0 saturated carbocycles. The number of anilines is 1. The van der Waals surface area contributed by atoms with E-state index in [0.29, 0.717) is 28.6 Å². The van der Waals surface area contributed by atoms with E-state index < -0.39 is 0 Å². The molecule has 2 N–H and O–H groups in total. The summed E-state index contributed by atoms with van der Waals surface area (Å²) in [6.07, 6.45) is 0.729. The molecule has 0 saturated heterocycles. The van der Waals surface area contributed by atoms with Gasteiger partial charge in [0.05, 0.1) is 16.3 Å². The average molecular weight is 409 g/mol. The van der Waals surface area contributed by atoms with Crippen LogP contribution in [0.3, 0.4) is 0 Å². The summed E-state index contributed by atoms with van der Waals surface area (Å²) in [5.74, 6) is -0.199. The SMILES string of the molecule is O=C(COc1ccccc1Cl)Nc1ccccc1C(=O)NCCc1ccccc1. The van der Waals surface area contributed by atoms with Gasteiger partial charge >= 0.3 is 0 Å². The van der Waals surface area contributed by atoms with Crippen molar-refractivity contribution >= 4 is 29.1 Å². The lowest BCUT2D eigenvalue weighted by Crippen LogP contribution is -2.28. The Morgan fingerprint density at radius 1 is 0.862 bits per heavy atom. The van der Waals surface area contributed by atoms with Gasteiger partial charge in [-0.1, -0.05) is 66.2 Å². The number of carbonyl (C=O) groups excluding carboxylic acids is 2. The summed E-state index contributed by atoms with van der Waals surface area (Å²) in [6, 6.07) is 23.7. The second kappa shape index (κ2) is 10.3. The van der Waals surface area contributed by atoms with Crippen LogP contribution in [0.4, 0.5) is 5.69 Å². The van der Waals surface area contributed by atoms with Crippen molar-refractivity contribution in [2.75, 3.05) is 18.5 Å². The summed E-state index contributed by atoms with van der Waals surface area (Å²) >= 11 is 6.02. The van der Waals surface area contributed by atoms with Crippen molar-refractivity contribution in [3.05, 3.63) is 95.0 Å². The van der Waals surface area contributed by atoms with Crippen LogP contribution in [0.25, 0.3) is 0 Å². The second-order valence-corrected chi connectivity index (χ2v) is 6.71. The Kier molecular flexibility index (Phi) is 7.25. The lowest BCUT2D eigenvalue weighted by molar-refractivity contribution is -0.118. The number of benzene rings is 3. The van der Waals surface area contributed by atoms with Gasteiger partial charge in [-0.05, 0) is 36.2 Å². The standard InChI is InChI=1S/C23H21ClN2O3/c24-19-11-5-7-13-21(19)29-16-22(27)26-20-12-6-4-10-18(20)23(28)25-15-14-17-8-2-1-3-9-17/h1-13H,14-16H2,(H,25,28)(H,26,27). The van der Waals surface area contributed by atoms with E-state index in [0.717, 1.165) is 12.0 Å². The van der Waals surface area contributed by atoms with Gasteiger partial charge in [-0.25, -0.2) is 0 Å². The molecule has 0 heterocycles. The monoisotopic (exact) mass is 408 g/mol. The van der Waals surface area contributed by atoms with Crippen LogP contribution in [-0.4, -0.2) is 25.0 Å². The molecule has 0 aliphatic rings. The van der Waals surface area contributed by atoms with Gasteiger partial charge in [0.1, 0.15) is 5.75 Å². The Morgan fingerprint density at radius 3 is 2.34 bits per heavy atom. The summed E-state index contributed by atoms with van der Waals surface area (Å²) in [5, 5.41) is 6.04. The van der Waals surface area contributed by atoms with Crippen molar-refractivity contribution in [1.82, 2.24) is 5.32 Å². The third-order valence-electron chi connectivity index (χ3n) is 4.18. The first-order valence-corrected chi connectivity index (χ1v) is 9.59. The third kappa shape index (κ3) is 6.09. The minimum Gasteiger partial charge on any atom is -0.482 e. The number of rotatable bonds is 8. The molecule has 0 spiro atoms. The van der Waals surface area contributed by atoms with E-state index in [4.69, 9.17) is 16.3 Å². The first-order valence-electron chi connectivity index (χ1n) is 9.22. The highest BCUT2D eigenvalue weighted by atomic mass is 35.5. The van der Waals surface area contributed by atoms with Gasteiger partial charge < -0.3 is 15.4 Å². The average Bonchev–Trinajstić information content (AvgIpc) is 2.74. The predicted molar refractivity (Wildman–Crippen MR) is 114 cm³/mol. The maximum absolute atomic E-state index is 12.6. The molecule has 5 nitrogen and oxygen atoms in total. The fourth-order valence-corrected chi connectivity index (χ4v) is 2.93. The topological polar surface area (TPSA) is 67.4 Å². The number of hydrogen-bond acceptors (Lipinski definition) is 3. The molecule has 29 heavy (non-hydrogen) atoms. The molecule has 0 fully saturated rings. The molecule has 0 unspecified atom stereocenters. The maximum Gasteiger partial charge on any atom is 0.262 e. The van der Waals surface area contributed by atoms with Gasteiger partial charge in [0, 0.05) is 6.54 Å². The Morgan fingerprint density at radius 2 is 1.55 bits per heavy atom. The maximum atomic E-state index is 12.6. The van der Waals surface area contributed by atoms with Crippen molar-refractivity contribution in [1.29, 1.82) is 0 Å². The van der Waals surface area contributed by atoms with Crippen LogP contribution in [0.1, 0.15) is 15.9 Å². The van der Waals surface area contributed by atoms with Gasteiger partial charge in [0.25, 0.3) is 11.8 Å². The summed E-state index contributed by atoms with van der Waals surface area (Å²) in [5.41, 5.74) is 1.97. The summed E-state index contributed by atoms with van der Waals surface area (Å²) in [4.78, 5) is 24.8. The first-order chi connectivity index (χ1) is 14.1. The van der Waals surface area contributed by atoms with Crippen LogP contribution in [0.15, 0.2) is 78.9 Å². The van der Waals surface area contributed by atoms with Gasteiger partial charge in [-0.15, -0.1) is 0 Å². The third-order valence-corrected chi connectivity index (χ3v) is 4.50. The van der Waals surface area contributed by atoms with Gasteiger partial charge in [0.15, 0.2) is 6.61 Å². The molecule has 6 heteroatoms. The van der Waals surface area contributed by atoms with Crippen LogP contribution in [0.5, 0.6) is 5.75 Å². The number of amides is 2. The molecule has 0 radical (unpaired) electrons. The molecule has 2 amide bonds. The second-order valence-electron chi connectivity index (χ2n) is 6.30. The summed E-state index contributed by atoms with van der Waals surface area (Å²) in [7, 11) is 0. The Hall–Kier alpha value is -3.31. The fourth-order valence-electron chi connectivity index (χ4n) is 2.74. The molecule has 0 aliphatic heterocycles. The van der Waals surface area contributed by atoms with Crippen LogP contribution < -0.4 is 15.4 Å². The van der Waals surface area contributed by atoms with E-state index in [1.807, 2.05) is 30.3 Å². The fraction of sp³-hybridized carbons (Fsp3) is 0.130. The van der Waals surface area contributed by atoms with Crippen LogP contribution in [-0.2, 0) is 11.2 Å². The van der Waals surface area contributed by atoms with Gasteiger partial charge in [0.2, 0.25) is 0 Å². The van der Waals surface area contributed by atoms with E-state index >= 15 is 0 Å². The zero-order valence-corrected chi connectivity index (χ0v) is 16.5. The first kappa shape index (κ1) is 20.4. The van der Waals surface area contributed by atoms with Crippen LogP contribution in [0.2, 0.25) is 5.02 Å². The number of para-hydroxylation sites is 2. The summed E-state index contributed by atoms with van der Waals surface area (Å²) in [6.45, 7) is 0.286. The molecule has 0 aromatic heterocycles. The minimum atomic E-state index is -0.380. The Labute approximate surface area is 174 Å². The van der Waals surface area contributed by atoms with E-state index in [1.54, 1.807) is 48.5 Å². The van der Waals surface area contributed by atoms with Crippen molar-refractivity contribution in [2.45, 2.75) is 6.42 Å².